The van der Waals surface area contributed by atoms with Crippen LogP contribution in [0.3, 0.4) is 0 Å². The van der Waals surface area contributed by atoms with Crippen LogP contribution < -0.4 is 0 Å². The lowest BCUT2D eigenvalue weighted by Gasteiger charge is -2.12. The van der Waals surface area contributed by atoms with Crippen molar-refractivity contribution >= 4 is 34.8 Å². The first-order chi connectivity index (χ1) is 5.39. The second-order valence-corrected chi connectivity index (χ2v) is 4.92. The number of rotatable bonds is 0. The van der Waals surface area contributed by atoms with Crippen molar-refractivity contribution in [2.75, 3.05) is 0 Å². The van der Waals surface area contributed by atoms with Gasteiger partial charge in [-0.1, -0.05) is 34.8 Å². The van der Waals surface area contributed by atoms with Gasteiger partial charge >= 0.3 is 0 Å². The number of nitrogens with zero attached hydrogens (tertiary/aromatic N) is 1. The topological polar surface area (TPSA) is 12.9 Å². The maximum Gasteiger partial charge on any atom is 0.216 e. The predicted octanol–water partition coefficient (Wildman–Crippen LogP) is 3.53. The molecule has 0 aliphatic heterocycles. The van der Waals surface area contributed by atoms with E-state index >= 15 is 0 Å². The molecule has 4 heteroatoms. The van der Waals surface area contributed by atoms with Crippen molar-refractivity contribution in [3.8, 4) is 0 Å². The largest absolute Gasteiger partial charge is 0.258 e. The molecule has 1 heterocycles. The average Bonchev–Trinajstić information content (AvgIpc) is 1.82. The Hall–Kier alpha value is 0.0200. The minimum atomic E-state index is -1.35. The normalized spacial score (nSPS) is 11.8. The number of hydrogen-bond acceptors (Lipinski definition) is 1. The molecule has 0 aliphatic rings. The number of aromatic nitrogens is 1. The molecule has 1 nitrogen and oxygen atoms in total. The lowest BCUT2D eigenvalue weighted by atomic mass is 10.2. The molecule has 1 aromatic heterocycles. The molecular formula is C8H8Cl3N. The van der Waals surface area contributed by atoms with E-state index in [2.05, 4.69) is 4.98 Å². The fourth-order valence-electron chi connectivity index (χ4n) is 0.998. The Morgan fingerprint density at radius 2 is 1.50 bits per heavy atom. The van der Waals surface area contributed by atoms with Crippen LogP contribution in [0.2, 0.25) is 0 Å². The zero-order chi connectivity index (χ0) is 9.35. The van der Waals surface area contributed by atoms with Crippen LogP contribution in [0.1, 0.15) is 17.0 Å². The van der Waals surface area contributed by atoms with Crippen LogP contribution >= 0.6 is 34.8 Å². The third-order valence-corrected chi connectivity index (χ3v) is 2.06. The Balaban J connectivity index is 3.18. The third-order valence-electron chi connectivity index (χ3n) is 1.41. The highest BCUT2D eigenvalue weighted by Crippen LogP contribution is 2.38. The first-order valence-electron chi connectivity index (χ1n) is 3.42. The van der Waals surface area contributed by atoms with Crippen LogP contribution in [0.5, 0.6) is 0 Å². The van der Waals surface area contributed by atoms with Crippen molar-refractivity contribution in [1.29, 1.82) is 0 Å². The van der Waals surface area contributed by atoms with Crippen LogP contribution in [0.4, 0.5) is 0 Å². The van der Waals surface area contributed by atoms with Gasteiger partial charge in [-0.3, -0.25) is 4.98 Å². The summed E-state index contributed by atoms with van der Waals surface area (Å²) in [6.45, 7) is 3.74. The molecule has 0 unspecified atom stereocenters. The summed E-state index contributed by atoms with van der Waals surface area (Å²) in [5.74, 6) is 0. The highest BCUT2D eigenvalue weighted by molar-refractivity contribution is 6.66. The smallest absolute Gasteiger partial charge is 0.216 e. The molecule has 0 radical (unpaired) electrons. The SMILES string of the molecule is Cc1cc(C(Cl)(Cl)Cl)cc(C)n1. The summed E-state index contributed by atoms with van der Waals surface area (Å²) in [7, 11) is 0. The third kappa shape index (κ3) is 2.51. The molecule has 0 amide bonds. The van der Waals surface area contributed by atoms with Crippen molar-refractivity contribution in [3.63, 3.8) is 0 Å². The summed E-state index contributed by atoms with van der Waals surface area (Å²) in [5.41, 5.74) is 2.38. The van der Waals surface area contributed by atoms with Crippen molar-refractivity contribution in [3.05, 3.63) is 29.1 Å². The Morgan fingerprint density at radius 1 is 1.08 bits per heavy atom. The highest BCUT2D eigenvalue weighted by atomic mass is 35.6. The van der Waals surface area contributed by atoms with Crippen molar-refractivity contribution in [1.82, 2.24) is 4.98 Å². The lowest BCUT2D eigenvalue weighted by Crippen LogP contribution is -2.02. The minimum absolute atomic E-state index is 0.664. The number of hydrogen-bond donors (Lipinski definition) is 0. The summed E-state index contributed by atoms with van der Waals surface area (Å²) in [6, 6.07) is 3.53. The van der Waals surface area contributed by atoms with Crippen molar-refractivity contribution < 1.29 is 0 Å². The van der Waals surface area contributed by atoms with Gasteiger partial charge in [-0.2, -0.15) is 0 Å². The number of pyridine rings is 1. The Morgan fingerprint density at radius 3 is 1.83 bits per heavy atom. The molecule has 0 saturated carbocycles. The first kappa shape index (κ1) is 10.1. The molecule has 0 bridgehead atoms. The molecule has 0 spiro atoms. The van der Waals surface area contributed by atoms with Crippen LogP contribution in [0, 0.1) is 13.8 Å². The predicted molar refractivity (Wildman–Crippen MR) is 52.9 cm³/mol. The summed E-state index contributed by atoms with van der Waals surface area (Å²) in [5, 5.41) is 0. The van der Waals surface area contributed by atoms with Gasteiger partial charge in [-0.15, -0.1) is 0 Å². The van der Waals surface area contributed by atoms with Gasteiger partial charge in [0.2, 0.25) is 3.79 Å². The number of aryl methyl sites for hydroxylation is 2. The maximum absolute atomic E-state index is 5.71. The molecule has 1 rings (SSSR count). The lowest BCUT2D eigenvalue weighted by molar-refractivity contribution is 1.07. The van der Waals surface area contributed by atoms with Gasteiger partial charge in [-0.25, -0.2) is 0 Å². The second-order valence-electron chi connectivity index (χ2n) is 2.64. The van der Waals surface area contributed by atoms with Crippen LogP contribution in [-0.2, 0) is 3.79 Å². The van der Waals surface area contributed by atoms with Gasteiger partial charge in [0.25, 0.3) is 0 Å². The average molecular weight is 225 g/mol. The van der Waals surface area contributed by atoms with E-state index in [1.165, 1.54) is 0 Å². The van der Waals surface area contributed by atoms with Gasteiger partial charge in [0.1, 0.15) is 0 Å². The Bertz CT molecular complexity index is 271. The molecular weight excluding hydrogens is 216 g/mol. The van der Waals surface area contributed by atoms with Gasteiger partial charge in [0, 0.05) is 17.0 Å². The van der Waals surface area contributed by atoms with E-state index in [1.807, 2.05) is 13.8 Å². The fourth-order valence-corrected chi connectivity index (χ4v) is 1.33. The quantitative estimate of drug-likeness (QED) is 0.615. The van der Waals surface area contributed by atoms with Crippen molar-refractivity contribution in [2.45, 2.75) is 17.6 Å². The fraction of sp³-hybridized carbons (Fsp3) is 0.375. The van der Waals surface area contributed by atoms with Crippen LogP contribution in [0.15, 0.2) is 12.1 Å². The van der Waals surface area contributed by atoms with Crippen LogP contribution in [0.25, 0.3) is 0 Å². The van der Waals surface area contributed by atoms with E-state index in [-0.39, 0.29) is 0 Å². The summed E-state index contributed by atoms with van der Waals surface area (Å²) >= 11 is 17.1. The number of halogens is 3. The van der Waals surface area contributed by atoms with Gasteiger partial charge in [0.05, 0.1) is 0 Å². The molecule has 0 atom stereocenters. The molecule has 1 aromatic rings. The van der Waals surface area contributed by atoms with E-state index in [0.29, 0.717) is 5.56 Å². The number of alkyl halides is 3. The standard InChI is InChI=1S/C8H8Cl3N/c1-5-3-7(8(9,10)11)4-6(2)12-5/h3-4H,1-2H3. The van der Waals surface area contributed by atoms with Crippen molar-refractivity contribution in [2.24, 2.45) is 0 Å². The van der Waals surface area contributed by atoms with E-state index in [4.69, 9.17) is 34.8 Å². The summed E-state index contributed by atoms with van der Waals surface area (Å²) in [4.78, 5) is 4.17. The molecule has 0 aromatic carbocycles. The maximum atomic E-state index is 5.71. The van der Waals surface area contributed by atoms with E-state index < -0.39 is 3.79 Å². The van der Waals surface area contributed by atoms with E-state index in [0.717, 1.165) is 11.4 Å². The van der Waals surface area contributed by atoms with Gasteiger partial charge in [-0.05, 0) is 26.0 Å². The zero-order valence-electron chi connectivity index (χ0n) is 6.74. The molecule has 0 fully saturated rings. The zero-order valence-corrected chi connectivity index (χ0v) is 9.00. The Labute approximate surface area is 86.7 Å². The molecule has 0 saturated heterocycles. The molecule has 12 heavy (non-hydrogen) atoms. The second kappa shape index (κ2) is 3.41. The Kier molecular flexibility index (Phi) is 2.87. The monoisotopic (exact) mass is 223 g/mol. The summed E-state index contributed by atoms with van der Waals surface area (Å²) in [6.07, 6.45) is 0. The van der Waals surface area contributed by atoms with Gasteiger partial charge in [0.15, 0.2) is 0 Å². The highest BCUT2D eigenvalue weighted by Gasteiger charge is 2.23. The molecule has 0 N–H and O–H groups in total. The van der Waals surface area contributed by atoms with Crippen LogP contribution in [-0.4, -0.2) is 4.98 Å². The van der Waals surface area contributed by atoms with E-state index in [9.17, 15) is 0 Å². The minimum Gasteiger partial charge on any atom is -0.258 e. The van der Waals surface area contributed by atoms with E-state index in [1.54, 1.807) is 12.1 Å². The summed E-state index contributed by atoms with van der Waals surface area (Å²) < 4.78 is -1.35. The van der Waals surface area contributed by atoms with Gasteiger partial charge < -0.3 is 0 Å². The first-order valence-corrected chi connectivity index (χ1v) is 4.55. The molecule has 66 valence electrons. The molecule has 0 aliphatic carbocycles.